The first-order valence-electron chi connectivity index (χ1n) is 31.0. The Morgan fingerprint density at radius 3 is 1.14 bits per heavy atom. The molecule has 9 aromatic carbocycles. The fraction of sp³-hybridized carbons (Fsp3) is 0.300. The van der Waals surface area contributed by atoms with Crippen molar-refractivity contribution in [3.05, 3.63) is 197 Å². The molecule has 0 saturated carbocycles. The molecular formula is C80H81BN4. The molecule has 0 radical (unpaired) electrons. The molecule has 0 amide bonds. The minimum atomic E-state index is -0.117. The Morgan fingerprint density at radius 1 is 0.306 bits per heavy atom. The van der Waals surface area contributed by atoms with Crippen molar-refractivity contribution in [3.63, 3.8) is 0 Å². The number of para-hydroxylation sites is 1. The van der Waals surface area contributed by atoms with Gasteiger partial charge in [0, 0.05) is 60.5 Å². The van der Waals surface area contributed by atoms with Crippen LogP contribution < -0.4 is 16.4 Å². The molecule has 0 bridgehead atoms. The van der Waals surface area contributed by atoms with E-state index < -0.39 is 0 Å². The summed E-state index contributed by atoms with van der Waals surface area (Å²) >= 11 is 0. The Kier molecular flexibility index (Phi) is 11.8. The van der Waals surface area contributed by atoms with Crippen LogP contribution in [0, 0.1) is 0 Å². The summed E-state index contributed by atoms with van der Waals surface area (Å²) in [7, 11) is 0. The number of benzene rings is 9. The molecule has 12 aromatic rings. The third-order valence-electron chi connectivity index (χ3n) is 19.0. The standard InChI is InChI=1S/C80H81BN4/c1-75(2,3)52-27-23-46(24-28-52)48-37-61-59-44-54(77(7,8)9)31-33-66(59)84-68-41-51(74-82-65-22-20-19-21-58(65)71(83-74)50-35-56(79(13,14)15)43-57(36-50)80(16,17)18)42-69-70(68)81(63(39-48)72(61)84)64-40-49(47-25-29-53(30-26-47)76(4,5)6)38-62-60-45-55(78(10,11)12)32-34-67(60)85(69)73(62)64/h19-45H,1-18H3. The lowest BCUT2D eigenvalue weighted by Crippen LogP contribution is -2.59. The quantitative estimate of drug-likeness (QED) is 0.165. The lowest BCUT2D eigenvalue weighted by atomic mass is 9.34. The molecule has 0 spiro atoms. The molecule has 5 heterocycles. The Balaban J connectivity index is 1.14. The van der Waals surface area contributed by atoms with Gasteiger partial charge >= 0.3 is 0 Å². The fourth-order valence-electron chi connectivity index (χ4n) is 13.8. The number of hydrogen-bond acceptors (Lipinski definition) is 2. The van der Waals surface area contributed by atoms with Crippen LogP contribution in [-0.4, -0.2) is 25.8 Å². The topological polar surface area (TPSA) is 35.6 Å². The van der Waals surface area contributed by atoms with E-state index in [0.29, 0.717) is 5.82 Å². The van der Waals surface area contributed by atoms with Gasteiger partial charge in [-0.05, 0) is 171 Å². The van der Waals surface area contributed by atoms with Crippen LogP contribution in [0.15, 0.2) is 164 Å². The van der Waals surface area contributed by atoms with Crippen molar-refractivity contribution < 1.29 is 0 Å². The van der Waals surface area contributed by atoms with Crippen molar-refractivity contribution >= 4 is 77.6 Å². The highest BCUT2D eigenvalue weighted by Crippen LogP contribution is 2.46. The van der Waals surface area contributed by atoms with Crippen LogP contribution in [0.3, 0.4) is 0 Å². The number of fused-ring (bicyclic) bond motifs is 11. The molecule has 0 fully saturated rings. The minimum Gasteiger partial charge on any atom is -0.310 e. The van der Waals surface area contributed by atoms with Gasteiger partial charge in [0.25, 0.3) is 6.71 Å². The second-order valence-corrected chi connectivity index (χ2v) is 31.3. The molecule has 0 aliphatic carbocycles. The van der Waals surface area contributed by atoms with Crippen LogP contribution in [0.2, 0.25) is 0 Å². The first kappa shape index (κ1) is 54.9. The zero-order valence-corrected chi connectivity index (χ0v) is 53.5. The van der Waals surface area contributed by atoms with Gasteiger partial charge in [-0.3, -0.25) is 0 Å². The van der Waals surface area contributed by atoms with E-state index in [1.807, 2.05) is 0 Å². The molecule has 0 atom stereocenters. The number of aromatic nitrogens is 4. The lowest BCUT2D eigenvalue weighted by molar-refractivity contribution is 0.569. The van der Waals surface area contributed by atoms with Gasteiger partial charge < -0.3 is 9.13 Å². The maximum atomic E-state index is 5.82. The smallest absolute Gasteiger partial charge is 0.252 e. The summed E-state index contributed by atoms with van der Waals surface area (Å²) in [5.41, 5.74) is 27.9. The zero-order valence-electron chi connectivity index (χ0n) is 53.5. The monoisotopic (exact) mass is 1110 g/mol. The molecular weight excluding hydrogens is 1030 g/mol. The molecule has 2 aliphatic heterocycles. The van der Waals surface area contributed by atoms with E-state index >= 15 is 0 Å². The molecule has 4 nitrogen and oxygen atoms in total. The summed E-state index contributed by atoms with van der Waals surface area (Å²) < 4.78 is 5.26. The van der Waals surface area contributed by atoms with Gasteiger partial charge in [-0.15, -0.1) is 0 Å². The highest BCUT2D eigenvalue weighted by atomic mass is 15.0. The van der Waals surface area contributed by atoms with Gasteiger partial charge in [-0.25, -0.2) is 9.97 Å². The van der Waals surface area contributed by atoms with Crippen molar-refractivity contribution in [1.82, 2.24) is 19.1 Å². The highest BCUT2D eigenvalue weighted by Gasteiger charge is 2.43. The summed E-state index contributed by atoms with van der Waals surface area (Å²) in [6.45, 7) is 41.6. The average molecular weight is 1110 g/mol. The summed E-state index contributed by atoms with van der Waals surface area (Å²) in [4.78, 5) is 11.4. The molecule has 3 aromatic heterocycles. The van der Waals surface area contributed by atoms with Crippen molar-refractivity contribution in [2.24, 2.45) is 0 Å². The molecule has 14 rings (SSSR count). The van der Waals surface area contributed by atoms with E-state index in [9.17, 15) is 0 Å². The van der Waals surface area contributed by atoms with Crippen LogP contribution in [0.5, 0.6) is 0 Å². The Hall–Kier alpha value is -8.02. The van der Waals surface area contributed by atoms with E-state index in [0.717, 1.165) is 27.7 Å². The fourth-order valence-corrected chi connectivity index (χ4v) is 13.8. The van der Waals surface area contributed by atoms with Crippen molar-refractivity contribution in [3.8, 4) is 56.3 Å². The molecule has 5 heteroatoms. The first-order valence-corrected chi connectivity index (χ1v) is 31.0. The Bertz CT molecular complexity index is 4530. The van der Waals surface area contributed by atoms with Crippen LogP contribution >= 0.6 is 0 Å². The predicted octanol–water partition coefficient (Wildman–Crippen LogP) is 19.4. The summed E-state index contributed by atoms with van der Waals surface area (Å²) in [5.74, 6) is 0.716. The number of rotatable bonds is 4. The number of nitrogens with zero attached hydrogens (tertiary/aromatic N) is 4. The second kappa shape index (κ2) is 18.3. The van der Waals surface area contributed by atoms with Gasteiger partial charge in [0.2, 0.25) is 0 Å². The van der Waals surface area contributed by atoms with E-state index in [4.69, 9.17) is 9.97 Å². The van der Waals surface area contributed by atoms with Gasteiger partial charge in [-0.2, -0.15) is 0 Å². The molecule has 0 N–H and O–H groups in total. The van der Waals surface area contributed by atoms with Gasteiger partial charge in [0.1, 0.15) is 0 Å². The van der Waals surface area contributed by atoms with E-state index in [1.54, 1.807) is 0 Å². The first-order chi connectivity index (χ1) is 39.9. The highest BCUT2D eigenvalue weighted by molar-refractivity contribution is 7.00. The predicted molar refractivity (Wildman–Crippen MR) is 367 cm³/mol. The summed E-state index contributed by atoms with van der Waals surface area (Å²) in [6.07, 6.45) is 0. The molecule has 0 saturated heterocycles. The second-order valence-electron chi connectivity index (χ2n) is 31.3. The van der Waals surface area contributed by atoms with E-state index in [2.05, 4.69) is 298 Å². The normalized spacial score (nSPS) is 13.7. The molecule has 2 aliphatic rings. The lowest BCUT2D eigenvalue weighted by Gasteiger charge is -2.34. The maximum absolute atomic E-state index is 5.82. The molecule has 424 valence electrons. The van der Waals surface area contributed by atoms with E-state index in [1.165, 1.54) is 127 Å². The zero-order chi connectivity index (χ0) is 60.0. The third kappa shape index (κ3) is 8.83. The minimum absolute atomic E-state index is 0.0362. The van der Waals surface area contributed by atoms with Crippen LogP contribution in [-0.2, 0) is 32.5 Å². The van der Waals surface area contributed by atoms with Gasteiger partial charge in [-0.1, -0.05) is 222 Å². The largest absolute Gasteiger partial charge is 0.310 e. The Morgan fingerprint density at radius 2 is 0.718 bits per heavy atom. The van der Waals surface area contributed by atoms with Crippen LogP contribution in [0.4, 0.5) is 0 Å². The van der Waals surface area contributed by atoms with Gasteiger partial charge in [0.05, 0.1) is 22.2 Å². The maximum Gasteiger partial charge on any atom is 0.252 e. The summed E-state index contributed by atoms with van der Waals surface area (Å²) in [6, 6.07) is 64.1. The van der Waals surface area contributed by atoms with Crippen LogP contribution in [0.1, 0.15) is 158 Å². The van der Waals surface area contributed by atoms with Crippen molar-refractivity contribution in [2.75, 3.05) is 0 Å². The molecule has 85 heavy (non-hydrogen) atoms. The van der Waals surface area contributed by atoms with Crippen LogP contribution in [0.25, 0.3) is 111 Å². The van der Waals surface area contributed by atoms with Gasteiger partial charge in [0.15, 0.2) is 5.82 Å². The average Bonchev–Trinajstić information content (AvgIpc) is 1.60. The molecule has 0 unspecified atom stereocenters. The summed E-state index contributed by atoms with van der Waals surface area (Å²) in [5, 5.41) is 6.13. The third-order valence-corrected chi connectivity index (χ3v) is 19.0. The van der Waals surface area contributed by atoms with Crippen molar-refractivity contribution in [2.45, 2.75) is 157 Å². The SMILES string of the molecule is CC(C)(C)c1ccc(-c2cc3c4c(c2)c2cc(C(C)(C)C)ccc2n4-c2cc(-c4nc(-c5cc(C(C)(C)C)cc(C(C)(C)C)c5)c5ccccc5n4)cc4c2B3c2cc(-c3ccc(C(C)(C)C)cc3)cc3c5cc(C(C)(C)C)ccc5n-4c23)cc1. The number of hydrogen-bond donors (Lipinski definition) is 0. The van der Waals surface area contributed by atoms with Crippen molar-refractivity contribution in [1.29, 1.82) is 0 Å². The van der Waals surface area contributed by atoms with E-state index in [-0.39, 0.29) is 39.2 Å². The Labute approximate surface area is 504 Å².